The minimum absolute atomic E-state index is 0.0251. The van der Waals surface area contributed by atoms with Crippen LogP contribution in [0, 0.1) is 0 Å². The molecule has 2 N–H and O–H groups in total. The van der Waals surface area contributed by atoms with Crippen LogP contribution in [0.2, 0.25) is 0 Å². The minimum Gasteiger partial charge on any atom is -0.339 e. The Kier molecular flexibility index (Phi) is 7.10. The Morgan fingerprint density at radius 3 is 2.07 bits per heavy atom. The van der Waals surface area contributed by atoms with Gasteiger partial charge in [-0.2, -0.15) is 0 Å². The molecule has 6 nitrogen and oxygen atoms in total. The van der Waals surface area contributed by atoms with Crippen molar-refractivity contribution in [1.29, 1.82) is 0 Å². The normalized spacial score (nSPS) is 12.4. The van der Waals surface area contributed by atoms with Gasteiger partial charge in [0.25, 0.3) is 0 Å². The van der Waals surface area contributed by atoms with E-state index in [-0.39, 0.29) is 35.5 Å². The average Bonchev–Trinajstić information content (AvgIpc) is 2.70. The summed E-state index contributed by atoms with van der Waals surface area (Å²) in [5, 5.41) is 5.10. The number of amides is 1. The molecule has 2 aromatic carbocycles. The average molecular weight is 403 g/mol. The molecule has 0 saturated carbocycles. The first kappa shape index (κ1) is 21.8. The Labute approximate surface area is 166 Å². The third-order valence-corrected chi connectivity index (χ3v) is 5.84. The third kappa shape index (κ3) is 5.50. The van der Waals surface area contributed by atoms with Crippen molar-refractivity contribution in [3.8, 4) is 0 Å². The first-order valence-electron chi connectivity index (χ1n) is 9.14. The molecule has 2 rings (SSSR count). The number of primary sulfonamides is 1. The second-order valence-electron chi connectivity index (χ2n) is 6.77. The fourth-order valence-electron chi connectivity index (χ4n) is 2.84. The summed E-state index contributed by atoms with van der Waals surface area (Å²) in [5.41, 5.74) is 2.55. The van der Waals surface area contributed by atoms with E-state index in [1.807, 2.05) is 19.1 Å². The molecule has 2 aromatic rings. The second kappa shape index (κ2) is 9.12. The maximum atomic E-state index is 12.5. The van der Waals surface area contributed by atoms with Crippen LogP contribution < -0.4 is 5.14 Å². The summed E-state index contributed by atoms with van der Waals surface area (Å²) in [5.74, 6) is -0.212. The van der Waals surface area contributed by atoms with Crippen LogP contribution in [0.15, 0.2) is 53.4 Å². The molecule has 0 aliphatic heterocycles. The van der Waals surface area contributed by atoms with E-state index in [1.54, 1.807) is 36.2 Å². The van der Waals surface area contributed by atoms with E-state index in [2.05, 4.69) is 6.92 Å². The van der Waals surface area contributed by atoms with Crippen molar-refractivity contribution in [1.82, 2.24) is 4.90 Å². The molecule has 1 atom stereocenters. The van der Waals surface area contributed by atoms with Crippen LogP contribution in [0.5, 0.6) is 0 Å². The molecular weight excluding hydrogens is 376 g/mol. The number of hydrogen-bond donors (Lipinski definition) is 1. The number of aryl methyl sites for hydroxylation is 1. The smallest absolute Gasteiger partial charge is 0.238 e. The van der Waals surface area contributed by atoms with Crippen molar-refractivity contribution >= 4 is 21.7 Å². The number of Topliss-reactive ketones (excluding diaryl/α,β-unsaturated/α-hetero) is 1. The van der Waals surface area contributed by atoms with Crippen LogP contribution in [0.1, 0.15) is 54.2 Å². The quantitative estimate of drug-likeness (QED) is 0.686. The molecule has 7 heteroatoms. The Bertz CT molecular complexity index is 935. The van der Waals surface area contributed by atoms with Crippen LogP contribution in [0.25, 0.3) is 0 Å². The molecule has 1 unspecified atom stereocenters. The molecule has 1 amide bonds. The van der Waals surface area contributed by atoms with Crippen LogP contribution in [-0.4, -0.2) is 32.1 Å². The molecule has 0 saturated heterocycles. The van der Waals surface area contributed by atoms with Crippen LogP contribution >= 0.6 is 0 Å². The zero-order valence-electron chi connectivity index (χ0n) is 16.4. The molecular formula is C21H26N2O4S. The van der Waals surface area contributed by atoms with Crippen LogP contribution in [-0.2, 0) is 21.2 Å². The van der Waals surface area contributed by atoms with E-state index in [9.17, 15) is 18.0 Å². The van der Waals surface area contributed by atoms with Crippen molar-refractivity contribution in [3.63, 3.8) is 0 Å². The molecule has 0 aliphatic carbocycles. The maximum absolute atomic E-state index is 12.5. The van der Waals surface area contributed by atoms with Crippen molar-refractivity contribution in [3.05, 3.63) is 65.2 Å². The van der Waals surface area contributed by atoms with E-state index in [1.165, 1.54) is 12.1 Å². The van der Waals surface area contributed by atoms with Crippen LogP contribution in [0.4, 0.5) is 0 Å². The number of carbonyl (C=O) groups excluding carboxylic acids is 2. The summed E-state index contributed by atoms with van der Waals surface area (Å²) in [6.45, 7) is 3.89. The molecule has 0 heterocycles. The fraction of sp³-hybridized carbons (Fsp3) is 0.333. The summed E-state index contributed by atoms with van der Waals surface area (Å²) >= 11 is 0. The van der Waals surface area contributed by atoms with Gasteiger partial charge in [-0.15, -0.1) is 0 Å². The summed E-state index contributed by atoms with van der Waals surface area (Å²) in [7, 11) is -2.08. The van der Waals surface area contributed by atoms with Crippen molar-refractivity contribution in [2.45, 2.75) is 44.0 Å². The zero-order valence-corrected chi connectivity index (χ0v) is 17.2. The summed E-state index contributed by atoms with van der Waals surface area (Å²) < 4.78 is 22.7. The molecule has 0 aromatic heterocycles. The van der Waals surface area contributed by atoms with Crippen molar-refractivity contribution in [2.24, 2.45) is 5.14 Å². The van der Waals surface area contributed by atoms with Gasteiger partial charge >= 0.3 is 0 Å². The zero-order chi connectivity index (χ0) is 20.9. The first-order chi connectivity index (χ1) is 13.1. The molecule has 0 aliphatic rings. The van der Waals surface area contributed by atoms with Gasteiger partial charge in [-0.3, -0.25) is 9.59 Å². The number of nitrogens with two attached hydrogens (primary N) is 1. The standard InChI is InChI=1S/C21H26N2O4S/c1-4-16-5-7-18(8-6-16)20(24)13-14-21(25)23(3)15(2)17-9-11-19(12-10-17)28(22,26)27/h5-12,15H,4,13-14H2,1-3H3,(H2,22,26,27). The summed E-state index contributed by atoms with van der Waals surface area (Å²) in [6.07, 6.45) is 1.17. The van der Waals surface area contributed by atoms with E-state index >= 15 is 0 Å². The number of ketones is 1. The lowest BCUT2D eigenvalue weighted by molar-refractivity contribution is -0.131. The number of nitrogens with zero attached hydrogens (tertiary/aromatic N) is 1. The third-order valence-electron chi connectivity index (χ3n) is 4.92. The van der Waals surface area contributed by atoms with E-state index < -0.39 is 10.0 Å². The number of rotatable bonds is 8. The van der Waals surface area contributed by atoms with Gasteiger partial charge in [0.15, 0.2) is 5.78 Å². The summed E-state index contributed by atoms with van der Waals surface area (Å²) in [6, 6.07) is 13.3. The van der Waals surface area contributed by atoms with Gasteiger partial charge in [-0.05, 0) is 36.6 Å². The number of carbonyl (C=O) groups is 2. The topological polar surface area (TPSA) is 97.5 Å². The lowest BCUT2D eigenvalue weighted by atomic mass is 10.0. The maximum Gasteiger partial charge on any atom is 0.238 e. The highest BCUT2D eigenvalue weighted by atomic mass is 32.2. The van der Waals surface area contributed by atoms with Crippen LogP contribution in [0.3, 0.4) is 0 Å². The van der Waals surface area contributed by atoms with Gasteiger partial charge in [-0.1, -0.05) is 43.3 Å². The van der Waals surface area contributed by atoms with E-state index in [0.29, 0.717) is 5.56 Å². The molecule has 0 bridgehead atoms. The molecule has 150 valence electrons. The highest BCUT2D eigenvalue weighted by molar-refractivity contribution is 7.89. The molecule has 28 heavy (non-hydrogen) atoms. The van der Waals surface area contributed by atoms with E-state index in [4.69, 9.17) is 5.14 Å². The van der Waals surface area contributed by atoms with Gasteiger partial charge in [0.05, 0.1) is 10.9 Å². The Hall–Kier alpha value is -2.51. The predicted molar refractivity (Wildman–Crippen MR) is 108 cm³/mol. The van der Waals surface area contributed by atoms with Gasteiger partial charge < -0.3 is 4.90 Å². The van der Waals surface area contributed by atoms with Gasteiger partial charge in [0.1, 0.15) is 0 Å². The molecule has 0 spiro atoms. The highest BCUT2D eigenvalue weighted by Gasteiger charge is 2.19. The SMILES string of the molecule is CCc1ccc(C(=O)CCC(=O)N(C)C(C)c2ccc(S(N)(=O)=O)cc2)cc1. The second-order valence-corrected chi connectivity index (χ2v) is 8.33. The lowest BCUT2D eigenvalue weighted by Gasteiger charge is -2.25. The van der Waals surface area contributed by atoms with Crippen molar-refractivity contribution in [2.75, 3.05) is 7.05 Å². The van der Waals surface area contributed by atoms with Crippen molar-refractivity contribution < 1.29 is 18.0 Å². The fourth-order valence-corrected chi connectivity index (χ4v) is 3.36. The number of benzene rings is 2. The first-order valence-corrected chi connectivity index (χ1v) is 10.7. The number of sulfonamides is 1. The Morgan fingerprint density at radius 1 is 1.00 bits per heavy atom. The predicted octanol–water partition coefficient (Wildman–Crippen LogP) is 3.08. The Morgan fingerprint density at radius 2 is 1.57 bits per heavy atom. The molecule has 0 fully saturated rings. The minimum atomic E-state index is -3.75. The molecule has 0 radical (unpaired) electrons. The van der Waals surface area contributed by atoms with Gasteiger partial charge in [0, 0.05) is 25.5 Å². The van der Waals surface area contributed by atoms with Gasteiger partial charge in [-0.25, -0.2) is 13.6 Å². The lowest BCUT2D eigenvalue weighted by Crippen LogP contribution is -2.30. The monoisotopic (exact) mass is 402 g/mol. The summed E-state index contributed by atoms with van der Waals surface area (Å²) in [4.78, 5) is 26.4. The van der Waals surface area contributed by atoms with Gasteiger partial charge in [0.2, 0.25) is 15.9 Å². The number of hydrogen-bond acceptors (Lipinski definition) is 4. The Balaban J connectivity index is 1.96. The largest absolute Gasteiger partial charge is 0.339 e. The van der Waals surface area contributed by atoms with E-state index in [0.717, 1.165) is 17.5 Å². The highest BCUT2D eigenvalue weighted by Crippen LogP contribution is 2.21.